The molecule has 0 radical (unpaired) electrons. The average molecular weight is 364 g/mol. The number of rotatable bonds is 10. The molecule has 1 unspecified atom stereocenters. The molecule has 0 saturated heterocycles. The first-order valence-electron chi connectivity index (χ1n) is 9.95. The first-order chi connectivity index (χ1) is 13.3. The van der Waals surface area contributed by atoms with E-state index in [0.29, 0.717) is 6.61 Å². The summed E-state index contributed by atoms with van der Waals surface area (Å²) in [6.07, 6.45) is 9.42. The first-order valence-corrected chi connectivity index (χ1v) is 9.95. The van der Waals surface area contributed by atoms with E-state index in [0.717, 1.165) is 43.1 Å². The van der Waals surface area contributed by atoms with Crippen LogP contribution in [0, 0.1) is 0 Å². The molecule has 27 heavy (non-hydrogen) atoms. The number of nitrogens with zero attached hydrogens (tertiary/aromatic N) is 3. The van der Waals surface area contributed by atoms with Crippen LogP contribution in [0.15, 0.2) is 66.7 Å². The Balaban J connectivity index is 1.91. The van der Waals surface area contributed by atoms with Crippen molar-refractivity contribution in [2.75, 3.05) is 6.61 Å². The summed E-state index contributed by atoms with van der Waals surface area (Å²) in [5, 5.41) is 8.84. The molecular formula is C23H29N3O. The zero-order valence-corrected chi connectivity index (χ0v) is 16.3. The lowest BCUT2D eigenvalue weighted by molar-refractivity contribution is -0.0761. The summed E-state index contributed by atoms with van der Waals surface area (Å²) >= 11 is 0. The molecule has 3 rings (SSSR count). The Morgan fingerprint density at radius 1 is 1.04 bits per heavy atom. The predicted molar refractivity (Wildman–Crippen MR) is 111 cm³/mol. The van der Waals surface area contributed by atoms with E-state index < -0.39 is 5.72 Å². The van der Waals surface area contributed by atoms with Gasteiger partial charge in [-0.05, 0) is 50.0 Å². The maximum Gasteiger partial charge on any atom is 0.182 e. The number of aromatic nitrogens is 3. The van der Waals surface area contributed by atoms with Gasteiger partial charge in [-0.1, -0.05) is 67.1 Å². The van der Waals surface area contributed by atoms with Gasteiger partial charge >= 0.3 is 0 Å². The Hall–Kier alpha value is -2.46. The standard InChI is InChI=1S/C23H29N3O/c1-3-5-11-18-23(27-4-2,19-12-15-20-13-7-6-8-14-20)26-22-17-10-9-16-21(22)24-25-26/h6-11,13-14,16-18H,3-5,12,15,19H2,1-2H3/b18-11+. The van der Waals surface area contributed by atoms with Crippen molar-refractivity contribution < 1.29 is 4.74 Å². The zero-order chi connectivity index (χ0) is 19.0. The van der Waals surface area contributed by atoms with E-state index in [9.17, 15) is 0 Å². The Morgan fingerprint density at radius 2 is 1.81 bits per heavy atom. The lowest BCUT2D eigenvalue weighted by Crippen LogP contribution is -2.36. The Morgan fingerprint density at radius 3 is 2.59 bits per heavy atom. The van der Waals surface area contributed by atoms with Gasteiger partial charge in [-0.3, -0.25) is 0 Å². The molecule has 0 amide bonds. The van der Waals surface area contributed by atoms with Gasteiger partial charge in [-0.2, -0.15) is 0 Å². The van der Waals surface area contributed by atoms with Crippen LogP contribution in [0.4, 0.5) is 0 Å². The van der Waals surface area contributed by atoms with Gasteiger partial charge in [0.15, 0.2) is 5.72 Å². The lowest BCUT2D eigenvalue weighted by atomic mass is 10.0. The number of para-hydroxylation sites is 1. The second-order valence-electron chi connectivity index (χ2n) is 6.80. The van der Waals surface area contributed by atoms with Gasteiger partial charge in [-0.25, -0.2) is 4.68 Å². The maximum absolute atomic E-state index is 6.34. The molecule has 0 aliphatic heterocycles. The molecule has 2 aromatic carbocycles. The van der Waals surface area contributed by atoms with E-state index in [1.54, 1.807) is 0 Å². The van der Waals surface area contributed by atoms with E-state index in [2.05, 4.69) is 65.8 Å². The van der Waals surface area contributed by atoms with Gasteiger partial charge in [0.25, 0.3) is 0 Å². The minimum absolute atomic E-state index is 0.602. The van der Waals surface area contributed by atoms with E-state index in [1.807, 2.05) is 29.8 Å². The van der Waals surface area contributed by atoms with Crippen molar-refractivity contribution in [1.29, 1.82) is 0 Å². The minimum atomic E-state index is -0.602. The van der Waals surface area contributed by atoms with Crippen LogP contribution in [0.1, 0.15) is 45.1 Å². The summed E-state index contributed by atoms with van der Waals surface area (Å²) in [4.78, 5) is 0. The van der Waals surface area contributed by atoms with Gasteiger partial charge in [-0.15, -0.1) is 5.10 Å². The molecule has 0 fully saturated rings. The van der Waals surface area contributed by atoms with E-state index >= 15 is 0 Å². The molecule has 0 aliphatic rings. The number of ether oxygens (including phenoxy) is 1. The number of fused-ring (bicyclic) bond motifs is 1. The highest BCUT2D eigenvalue weighted by atomic mass is 16.5. The van der Waals surface area contributed by atoms with Gasteiger partial charge < -0.3 is 4.74 Å². The third kappa shape index (κ3) is 4.64. The number of aryl methyl sites for hydroxylation is 1. The number of allylic oxidation sites excluding steroid dienone is 1. The summed E-state index contributed by atoms with van der Waals surface area (Å²) in [5.74, 6) is 0. The first kappa shape index (κ1) is 19.3. The van der Waals surface area contributed by atoms with Crippen LogP contribution in [0.5, 0.6) is 0 Å². The van der Waals surface area contributed by atoms with Crippen LogP contribution in [-0.2, 0) is 16.9 Å². The van der Waals surface area contributed by atoms with Crippen molar-refractivity contribution in [3.63, 3.8) is 0 Å². The van der Waals surface area contributed by atoms with Gasteiger partial charge in [0, 0.05) is 13.0 Å². The van der Waals surface area contributed by atoms with Gasteiger partial charge in [0.2, 0.25) is 0 Å². The smallest absolute Gasteiger partial charge is 0.182 e. The van der Waals surface area contributed by atoms with E-state index in [4.69, 9.17) is 4.74 Å². The molecule has 0 bridgehead atoms. The summed E-state index contributed by atoms with van der Waals surface area (Å²) in [6, 6.07) is 18.7. The maximum atomic E-state index is 6.34. The topological polar surface area (TPSA) is 39.9 Å². The van der Waals surface area contributed by atoms with Crippen LogP contribution >= 0.6 is 0 Å². The molecular weight excluding hydrogens is 334 g/mol. The van der Waals surface area contributed by atoms with Crippen LogP contribution in [0.3, 0.4) is 0 Å². The second-order valence-corrected chi connectivity index (χ2v) is 6.80. The molecule has 1 atom stereocenters. The molecule has 1 aromatic heterocycles. The molecule has 3 aromatic rings. The Labute approximate surface area is 161 Å². The van der Waals surface area contributed by atoms with Crippen molar-refractivity contribution in [3.05, 3.63) is 72.3 Å². The van der Waals surface area contributed by atoms with Crippen molar-refractivity contribution in [1.82, 2.24) is 15.0 Å². The van der Waals surface area contributed by atoms with Crippen LogP contribution in [0.2, 0.25) is 0 Å². The minimum Gasteiger partial charge on any atom is -0.350 e. The largest absolute Gasteiger partial charge is 0.350 e. The van der Waals surface area contributed by atoms with Crippen molar-refractivity contribution in [2.24, 2.45) is 0 Å². The number of hydrogen-bond donors (Lipinski definition) is 0. The average Bonchev–Trinajstić information content (AvgIpc) is 3.14. The van der Waals surface area contributed by atoms with Crippen LogP contribution in [0.25, 0.3) is 11.0 Å². The third-order valence-electron chi connectivity index (χ3n) is 4.78. The highest BCUT2D eigenvalue weighted by Crippen LogP contribution is 2.30. The molecule has 0 aliphatic carbocycles. The molecule has 1 heterocycles. The Kier molecular flexibility index (Phi) is 6.77. The summed E-state index contributed by atoms with van der Waals surface area (Å²) < 4.78 is 8.30. The Bertz CT molecular complexity index is 856. The quantitative estimate of drug-likeness (QED) is 0.447. The normalized spacial score (nSPS) is 14.0. The zero-order valence-electron chi connectivity index (χ0n) is 16.3. The molecule has 0 saturated carbocycles. The van der Waals surface area contributed by atoms with E-state index in [1.165, 1.54) is 5.56 Å². The fourth-order valence-corrected chi connectivity index (χ4v) is 3.46. The highest BCUT2D eigenvalue weighted by molar-refractivity contribution is 5.74. The van der Waals surface area contributed by atoms with Crippen molar-refractivity contribution in [3.8, 4) is 0 Å². The van der Waals surface area contributed by atoms with Crippen LogP contribution < -0.4 is 0 Å². The summed E-state index contributed by atoms with van der Waals surface area (Å²) in [6.45, 7) is 4.85. The summed E-state index contributed by atoms with van der Waals surface area (Å²) in [5.41, 5.74) is 2.65. The molecule has 0 spiro atoms. The van der Waals surface area contributed by atoms with Crippen molar-refractivity contribution in [2.45, 2.75) is 51.7 Å². The van der Waals surface area contributed by atoms with E-state index in [-0.39, 0.29) is 0 Å². The van der Waals surface area contributed by atoms with Gasteiger partial charge in [0.1, 0.15) is 5.52 Å². The predicted octanol–water partition coefficient (Wildman–Crippen LogP) is 5.50. The molecule has 0 N–H and O–H groups in total. The fraction of sp³-hybridized carbons (Fsp3) is 0.391. The monoisotopic (exact) mass is 363 g/mol. The SMILES string of the molecule is CCC/C=C/C(CCCc1ccccc1)(OCC)n1nnc2ccccc21. The molecule has 4 heteroatoms. The highest BCUT2D eigenvalue weighted by Gasteiger charge is 2.32. The second kappa shape index (κ2) is 9.47. The lowest BCUT2D eigenvalue weighted by Gasteiger charge is -2.31. The number of unbranched alkanes of at least 4 members (excludes halogenated alkanes) is 1. The fourth-order valence-electron chi connectivity index (χ4n) is 3.46. The van der Waals surface area contributed by atoms with Crippen LogP contribution in [-0.4, -0.2) is 21.6 Å². The third-order valence-corrected chi connectivity index (χ3v) is 4.78. The van der Waals surface area contributed by atoms with Crippen molar-refractivity contribution >= 4 is 11.0 Å². The number of benzene rings is 2. The number of hydrogen-bond acceptors (Lipinski definition) is 3. The molecule has 4 nitrogen and oxygen atoms in total. The molecule has 142 valence electrons. The summed E-state index contributed by atoms with van der Waals surface area (Å²) in [7, 11) is 0. The van der Waals surface area contributed by atoms with Gasteiger partial charge in [0.05, 0.1) is 5.52 Å².